The van der Waals surface area contributed by atoms with E-state index >= 15 is 0 Å². The number of ether oxygens (including phenoxy) is 2. The number of nitrogens with zero attached hydrogens (tertiary/aromatic N) is 1. The van der Waals surface area contributed by atoms with Crippen LogP contribution in [0.4, 0.5) is 0 Å². The molecule has 0 saturated carbocycles. The smallest absolute Gasteiger partial charge is 0.226 e. The molecule has 1 aromatic heterocycles. The Morgan fingerprint density at radius 1 is 1.25 bits per heavy atom. The summed E-state index contributed by atoms with van der Waals surface area (Å²) < 4.78 is 10.6. The summed E-state index contributed by atoms with van der Waals surface area (Å²) in [4.78, 5) is 16.7. The van der Waals surface area contributed by atoms with E-state index < -0.39 is 0 Å². The molecule has 1 amide bonds. The Morgan fingerprint density at radius 3 is 2.71 bits per heavy atom. The fourth-order valence-electron chi connectivity index (χ4n) is 2.76. The molecule has 0 atom stereocenters. The van der Waals surface area contributed by atoms with E-state index in [-0.39, 0.29) is 37.1 Å². The van der Waals surface area contributed by atoms with Gasteiger partial charge >= 0.3 is 0 Å². The number of hydrogen-bond donors (Lipinski definition) is 2. The van der Waals surface area contributed by atoms with Gasteiger partial charge in [-0.2, -0.15) is 0 Å². The van der Waals surface area contributed by atoms with E-state index in [2.05, 4.69) is 21.7 Å². The Kier molecular flexibility index (Phi) is 10.3. The number of nitrogens with one attached hydrogen (secondary N) is 2. The average molecular weight is 446 g/mol. The van der Waals surface area contributed by atoms with Crippen molar-refractivity contribution in [2.75, 3.05) is 33.9 Å². The summed E-state index contributed by atoms with van der Waals surface area (Å²) in [5.74, 6) is 1.34. The van der Waals surface area contributed by atoms with Crippen molar-refractivity contribution in [1.29, 1.82) is 0 Å². The standard InChI is InChI=1S/C19H23N3O3S.2ClH/c1-24-16-4-3-14(9-17(16)25-2)19-22-15(12-26-19)10-18(23)21-11-13-5-7-20-8-6-13;;/h3-5,9,12,20H,6-8,10-11H2,1-2H3,(H,21,23);2*1H. The Hall–Kier alpha value is -1.80. The maximum Gasteiger partial charge on any atom is 0.226 e. The Morgan fingerprint density at radius 2 is 2.04 bits per heavy atom. The van der Waals surface area contributed by atoms with Gasteiger partial charge in [-0.1, -0.05) is 11.6 Å². The minimum Gasteiger partial charge on any atom is -0.493 e. The summed E-state index contributed by atoms with van der Waals surface area (Å²) in [6.45, 7) is 2.47. The van der Waals surface area contributed by atoms with Gasteiger partial charge in [-0.3, -0.25) is 4.79 Å². The van der Waals surface area contributed by atoms with Crippen molar-refractivity contribution in [3.05, 3.63) is 40.9 Å². The molecule has 1 aliphatic rings. The minimum atomic E-state index is -0.00593. The first kappa shape index (κ1) is 24.2. The van der Waals surface area contributed by atoms with Crippen LogP contribution in [0.5, 0.6) is 11.5 Å². The number of thiazole rings is 1. The van der Waals surface area contributed by atoms with Gasteiger partial charge < -0.3 is 20.1 Å². The van der Waals surface area contributed by atoms with Gasteiger partial charge in [0.25, 0.3) is 0 Å². The predicted octanol–water partition coefficient (Wildman–Crippen LogP) is 3.25. The minimum absolute atomic E-state index is 0. The largest absolute Gasteiger partial charge is 0.493 e. The summed E-state index contributed by atoms with van der Waals surface area (Å²) in [7, 11) is 3.22. The van der Waals surface area contributed by atoms with Crippen molar-refractivity contribution >= 4 is 42.1 Å². The summed E-state index contributed by atoms with van der Waals surface area (Å²) in [5.41, 5.74) is 3.00. The number of hydrogen-bond acceptors (Lipinski definition) is 6. The van der Waals surface area contributed by atoms with Crippen LogP contribution < -0.4 is 20.1 Å². The fraction of sp³-hybridized carbons (Fsp3) is 0.368. The SMILES string of the molecule is COc1ccc(-c2nc(CC(=O)NCC3=CCNCC3)cs2)cc1OC.Cl.Cl. The second kappa shape index (κ2) is 11.9. The molecule has 1 aliphatic heterocycles. The highest BCUT2D eigenvalue weighted by Gasteiger charge is 2.12. The number of benzene rings is 1. The molecule has 0 saturated heterocycles. The van der Waals surface area contributed by atoms with Crippen LogP contribution in [0.25, 0.3) is 10.6 Å². The number of rotatable bonds is 7. The van der Waals surface area contributed by atoms with E-state index in [4.69, 9.17) is 9.47 Å². The lowest BCUT2D eigenvalue weighted by Crippen LogP contribution is -2.30. The van der Waals surface area contributed by atoms with Gasteiger partial charge in [-0.25, -0.2) is 4.98 Å². The third-order valence-corrected chi connectivity index (χ3v) is 5.13. The maximum atomic E-state index is 12.2. The molecule has 0 radical (unpaired) electrons. The lowest BCUT2D eigenvalue weighted by atomic mass is 10.1. The molecule has 0 unspecified atom stereocenters. The van der Waals surface area contributed by atoms with Crippen molar-refractivity contribution in [3.8, 4) is 22.1 Å². The number of carbonyl (C=O) groups is 1. The van der Waals surface area contributed by atoms with Crippen LogP contribution in [0.3, 0.4) is 0 Å². The van der Waals surface area contributed by atoms with E-state index in [0.29, 0.717) is 18.0 Å². The highest BCUT2D eigenvalue weighted by molar-refractivity contribution is 7.13. The van der Waals surface area contributed by atoms with E-state index in [1.54, 1.807) is 14.2 Å². The summed E-state index contributed by atoms with van der Waals surface area (Å²) >= 11 is 1.52. The summed E-state index contributed by atoms with van der Waals surface area (Å²) in [6.07, 6.45) is 3.41. The zero-order valence-corrected chi connectivity index (χ0v) is 18.3. The Labute approximate surface area is 181 Å². The first-order valence-corrected chi connectivity index (χ1v) is 9.39. The van der Waals surface area contributed by atoms with Crippen molar-refractivity contribution in [2.24, 2.45) is 0 Å². The van der Waals surface area contributed by atoms with Crippen molar-refractivity contribution in [2.45, 2.75) is 12.8 Å². The van der Waals surface area contributed by atoms with Gasteiger partial charge in [0.1, 0.15) is 5.01 Å². The molecule has 28 heavy (non-hydrogen) atoms. The lowest BCUT2D eigenvalue weighted by molar-refractivity contribution is -0.120. The average Bonchev–Trinajstić information content (AvgIpc) is 3.15. The van der Waals surface area contributed by atoms with Crippen molar-refractivity contribution in [3.63, 3.8) is 0 Å². The summed E-state index contributed by atoms with van der Waals surface area (Å²) in [5, 5.41) is 9.02. The zero-order chi connectivity index (χ0) is 18.4. The molecule has 3 rings (SSSR count). The van der Waals surface area contributed by atoms with Crippen LogP contribution in [0.1, 0.15) is 12.1 Å². The highest BCUT2D eigenvalue weighted by Crippen LogP contribution is 2.33. The molecule has 154 valence electrons. The van der Waals surface area contributed by atoms with Gasteiger partial charge in [0.15, 0.2) is 11.5 Å². The molecule has 2 aromatic rings. The molecule has 0 spiro atoms. The second-order valence-corrected chi connectivity index (χ2v) is 6.84. The van der Waals surface area contributed by atoms with Gasteiger partial charge in [-0.05, 0) is 31.2 Å². The maximum absolute atomic E-state index is 12.2. The monoisotopic (exact) mass is 445 g/mol. The van der Waals surface area contributed by atoms with Gasteiger partial charge in [0.2, 0.25) is 5.91 Å². The van der Waals surface area contributed by atoms with Crippen LogP contribution in [-0.4, -0.2) is 44.7 Å². The third kappa shape index (κ3) is 6.38. The van der Waals surface area contributed by atoms with Gasteiger partial charge in [0.05, 0.1) is 26.3 Å². The Balaban J connectivity index is 0.00000196. The molecule has 0 fully saturated rings. The van der Waals surface area contributed by atoms with Crippen LogP contribution >= 0.6 is 36.2 Å². The first-order chi connectivity index (χ1) is 12.7. The van der Waals surface area contributed by atoms with E-state index in [0.717, 1.165) is 35.8 Å². The number of carbonyl (C=O) groups excluding carboxylic acids is 1. The fourth-order valence-corrected chi connectivity index (χ4v) is 3.58. The first-order valence-electron chi connectivity index (χ1n) is 8.51. The lowest BCUT2D eigenvalue weighted by Gasteiger charge is -2.14. The third-order valence-electron chi connectivity index (χ3n) is 4.19. The van der Waals surface area contributed by atoms with Gasteiger partial charge in [0, 0.05) is 24.0 Å². The quantitative estimate of drug-likeness (QED) is 0.639. The van der Waals surface area contributed by atoms with Crippen LogP contribution in [0.2, 0.25) is 0 Å². The zero-order valence-electron chi connectivity index (χ0n) is 15.8. The number of aromatic nitrogens is 1. The normalized spacial score (nSPS) is 12.9. The van der Waals surface area contributed by atoms with E-state index in [1.165, 1.54) is 16.9 Å². The van der Waals surface area contributed by atoms with Crippen LogP contribution in [0.15, 0.2) is 35.2 Å². The van der Waals surface area contributed by atoms with Crippen LogP contribution in [-0.2, 0) is 11.2 Å². The molecule has 0 aliphatic carbocycles. The van der Waals surface area contributed by atoms with Crippen LogP contribution in [0, 0.1) is 0 Å². The number of amides is 1. The van der Waals surface area contributed by atoms with Crippen molar-refractivity contribution < 1.29 is 14.3 Å². The molecule has 2 heterocycles. The molecule has 1 aromatic carbocycles. The topological polar surface area (TPSA) is 72.5 Å². The van der Waals surface area contributed by atoms with Crippen molar-refractivity contribution in [1.82, 2.24) is 15.6 Å². The predicted molar refractivity (Wildman–Crippen MR) is 117 cm³/mol. The number of halogens is 2. The van der Waals surface area contributed by atoms with E-state index in [9.17, 15) is 4.79 Å². The summed E-state index contributed by atoms with van der Waals surface area (Å²) in [6, 6.07) is 5.69. The molecule has 0 bridgehead atoms. The highest BCUT2D eigenvalue weighted by atomic mass is 35.5. The van der Waals surface area contributed by atoms with Gasteiger partial charge in [-0.15, -0.1) is 36.2 Å². The number of methoxy groups -OCH3 is 2. The molecular formula is C19H25Cl2N3O3S. The second-order valence-electron chi connectivity index (χ2n) is 5.98. The molecule has 6 nitrogen and oxygen atoms in total. The molecule has 2 N–H and O–H groups in total. The molecular weight excluding hydrogens is 421 g/mol. The Bertz CT molecular complexity index is 811. The molecule has 9 heteroatoms. The van der Waals surface area contributed by atoms with E-state index in [1.807, 2.05) is 23.6 Å².